The summed E-state index contributed by atoms with van der Waals surface area (Å²) in [6.07, 6.45) is 0. The molecular formula is C22H29N3O3. The number of rotatable bonds is 5. The van der Waals surface area contributed by atoms with Crippen LogP contribution in [-0.2, 0) is 0 Å². The van der Waals surface area contributed by atoms with E-state index in [1.54, 1.807) is 14.2 Å². The summed E-state index contributed by atoms with van der Waals surface area (Å²) in [6, 6.07) is 13.8. The zero-order valence-corrected chi connectivity index (χ0v) is 17.1. The number of piperazine rings is 1. The molecule has 0 aliphatic carbocycles. The smallest absolute Gasteiger partial charge is 0.321 e. The van der Waals surface area contributed by atoms with Crippen molar-refractivity contribution in [3.05, 3.63) is 48.0 Å². The topological polar surface area (TPSA) is 54.0 Å². The molecule has 0 aromatic heterocycles. The minimum atomic E-state index is -0.0606. The van der Waals surface area contributed by atoms with Crippen LogP contribution in [0, 0.1) is 0 Å². The SMILES string of the molecule is COc1ccc(OC)c(N2CCN(C(=O)Nc3ccc(C(C)C)cc3)CC2)c1. The lowest BCUT2D eigenvalue weighted by Gasteiger charge is -2.36. The molecule has 0 bridgehead atoms. The summed E-state index contributed by atoms with van der Waals surface area (Å²) < 4.78 is 10.8. The molecule has 2 amide bonds. The highest BCUT2D eigenvalue weighted by Crippen LogP contribution is 2.33. The Balaban J connectivity index is 1.60. The van der Waals surface area contributed by atoms with Gasteiger partial charge in [-0.2, -0.15) is 0 Å². The number of ether oxygens (including phenoxy) is 2. The summed E-state index contributed by atoms with van der Waals surface area (Å²) in [7, 11) is 3.32. The fourth-order valence-electron chi connectivity index (χ4n) is 3.35. The van der Waals surface area contributed by atoms with E-state index in [-0.39, 0.29) is 6.03 Å². The van der Waals surface area contributed by atoms with Gasteiger partial charge in [-0.1, -0.05) is 26.0 Å². The van der Waals surface area contributed by atoms with Crippen molar-refractivity contribution in [2.24, 2.45) is 0 Å². The van der Waals surface area contributed by atoms with Crippen LogP contribution >= 0.6 is 0 Å². The van der Waals surface area contributed by atoms with Gasteiger partial charge in [-0.05, 0) is 35.7 Å². The van der Waals surface area contributed by atoms with Gasteiger partial charge in [-0.25, -0.2) is 4.79 Å². The Morgan fingerprint density at radius 1 is 0.964 bits per heavy atom. The third-order valence-corrected chi connectivity index (χ3v) is 5.12. The van der Waals surface area contributed by atoms with Gasteiger partial charge in [0.2, 0.25) is 0 Å². The van der Waals surface area contributed by atoms with E-state index in [4.69, 9.17) is 9.47 Å². The highest BCUT2D eigenvalue weighted by Gasteiger charge is 2.23. The summed E-state index contributed by atoms with van der Waals surface area (Å²) in [6.45, 7) is 7.09. The highest BCUT2D eigenvalue weighted by molar-refractivity contribution is 5.89. The van der Waals surface area contributed by atoms with Crippen LogP contribution in [0.3, 0.4) is 0 Å². The second-order valence-corrected chi connectivity index (χ2v) is 7.22. The van der Waals surface area contributed by atoms with Gasteiger partial charge in [0.25, 0.3) is 0 Å². The molecule has 2 aromatic carbocycles. The Morgan fingerprint density at radius 2 is 1.64 bits per heavy atom. The summed E-state index contributed by atoms with van der Waals surface area (Å²) >= 11 is 0. The number of hydrogen-bond donors (Lipinski definition) is 1. The molecule has 2 aromatic rings. The van der Waals surface area contributed by atoms with E-state index in [2.05, 4.69) is 36.2 Å². The van der Waals surface area contributed by atoms with E-state index in [9.17, 15) is 4.79 Å². The van der Waals surface area contributed by atoms with Crippen molar-refractivity contribution in [3.63, 3.8) is 0 Å². The molecule has 1 saturated heterocycles. The third kappa shape index (κ3) is 4.50. The fourth-order valence-corrected chi connectivity index (χ4v) is 3.35. The Bertz CT molecular complexity index is 797. The number of nitrogens with zero attached hydrogens (tertiary/aromatic N) is 2. The van der Waals surface area contributed by atoms with Crippen molar-refractivity contribution in [2.75, 3.05) is 50.6 Å². The molecule has 0 saturated carbocycles. The van der Waals surface area contributed by atoms with Crippen LogP contribution in [0.5, 0.6) is 11.5 Å². The fraction of sp³-hybridized carbons (Fsp3) is 0.409. The second kappa shape index (κ2) is 8.87. The average molecular weight is 383 g/mol. The van der Waals surface area contributed by atoms with E-state index >= 15 is 0 Å². The van der Waals surface area contributed by atoms with Crippen LogP contribution in [-0.4, -0.2) is 51.3 Å². The molecule has 1 aliphatic heterocycles. The number of urea groups is 1. The molecule has 150 valence electrons. The summed E-state index contributed by atoms with van der Waals surface area (Å²) in [5.41, 5.74) is 3.08. The Kier molecular flexibility index (Phi) is 6.29. The number of methoxy groups -OCH3 is 2. The number of carbonyl (C=O) groups is 1. The van der Waals surface area contributed by atoms with Crippen LogP contribution in [0.2, 0.25) is 0 Å². The van der Waals surface area contributed by atoms with E-state index in [0.29, 0.717) is 19.0 Å². The maximum Gasteiger partial charge on any atom is 0.321 e. The third-order valence-electron chi connectivity index (χ3n) is 5.12. The van der Waals surface area contributed by atoms with Crippen LogP contribution in [0.1, 0.15) is 25.3 Å². The molecule has 1 N–H and O–H groups in total. The van der Waals surface area contributed by atoms with Gasteiger partial charge in [-0.3, -0.25) is 0 Å². The van der Waals surface area contributed by atoms with Crippen molar-refractivity contribution in [2.45, 2.75) is 19.8 Å². The van der Waals surface area contributed by atoms with Crippen LogP contribution in [0.4, 0.5) is 16.2 Å². The lowest BCUT2D eigenvalue weighted by Crippen LogP contribution is -2.50. The van der Waals surface area contributed by atoms with Gasteiger partial charge >= 0.3 is 6.03 Å². The van der Waals surface area contributed by atoms with Gasteiger partial charge in [0.05, 0.1) is 19.9 Å². The molecule has 1 aliphatic rings. The molecule has 0 spiro atoms. The zero-order chi connectivity index (χ0) is 20.1. The number of anilines is 2. The van der Waals surface area contributed by atoms with Crippen molar-refractivity contribution in [1.82, 2.24) is 4.90 Å². The van der Waals surface area contributed by atoms with E-state index in [0.717, 1.165) is 36.0 Å². The molecule has 0 atom stereocenters. The number of amides is 2. The first-order chi connectivity index (χ1) is 13.5. The molecule has 28 heavy (non-hydrogen) atoms. The summed E-state index contributed by atoms with van der Waals surface area (Å²) in [4.78, 5) is 16.7. The van der Waals surface area contributed by atoms with Crippen molar-refractivity contribution < 1.29 is 14.3 Å². The molecule has 1 fully saturated rings. The molecular weight excluding hydrogens is 354 g/mol. The summed E-state index contributed by atoms with van der Waals surface area (Å²) in [5, 5.41) is 3.00. The highest BCUT2D eigenvalue weighted by atomic mass is 16.5. The predicted molar refractivity (Wildman–Crippen MR) is 113 cm³/mol. The van der Waals surface area contributed by atoms with E-state index < -0.39 is 0 Å². The number of carbonyl (C=O) groups excluding carboxylic acids is 1. The molecule has 6 nitrogen and oxygen atoms in total. The number of benzene rings is 2. The number of hydrogen-bond acceptors (Lipinski definition) is 4. The van der Waals surface area contributed by atoms with Gasteiger partial charge in [0, 0.05) is 37.9 Å². The van der Waals surface area contributed by atoms with Crippen LogP contribution in [0.15, 0.2) is 42.5 Å². The maximum absolute atomic E-state index is 12.6. The minimum Gasteiger partial charge on any atom is -0.497 e. The lowest BCUT2D eigenvalue weighted by atomic mass is 10.0. The predicted octanol–water partition coefficient (Wildman–Crippen LogP) is 4.18. The van der Waals surface area contributed by atoms with Crippen molar-refractivity contribution in [1.29, 1.82) is 0 Å². The first-order valence-corrected chi connectivity index (χ1v) is 9.64. The van der Waals surface area contributed by atoms with Gasteiger partial charge in [0.15, 0.2) is 0 Å². The first kappa shape index (κ1) is 19.9. The first-order valence-electron chi connectivity index (χ1n) is 9.64. The quantitative estimate of drug-likeness (QED) is 0.841. The Labute approximate surface area is 167 Å². The Morgan fingerprint density at radius 3 is 2.21 bits per heavy atom. The Hall–Kier alpha value is -2.89. The summed E-state index contributed by atoms with van der Waals surface area (Å²) in [5.74, 6) is 2.08. The van der Waals surface area contributed by atoms with Gasteiger partial charge in [0.1, 0.15) is 11.5 Å². The molecule has 6 heteroatoms. The molecule has 3 rings (SSSR count). The van der Waals surface area contributed by atoms with Crippen molar-refractivity contribution >= 4 is 17.4 Å². The van der Waals surface area contributed by atoms with Crippen molar-refractivity contribution in [3.8, 4) is 11.5 Å². The van der Waals surface area contributed by atoms with Crippen LogP contribution in [0.25, 0.3) is 0 Å². The maximum atomic E-state index is 12.6. The largest absolute Gasteiger partial charge is 0.497 e. The monoisotopic (exact) mass is 383 g/mol. The van der Waals surface area contributed by atoms with Gasteiger partial charge < -0.3 is 24.6 Å². The van der Waals surface area contributed by atoms with Gasteiger partial charge in [-0.15, -0.1) is 0 Å². The average Bonchev–Trinajstić information content (AvgIpc) is 2.73. The van der Waals surface area contributed by atoms with E-state index in [1.165, 1.54) is 5.56 Å². The standard InChI is InChI=1S/C22H29N3O3/c1-16(2)17-5-7-18(8-6-17)23-22(26)25-13-11-24(12-14-25)20-15-19(27-3)9-10-21(20)28-4/h5-10,15-16H,11-14H2,1-4H3,(H,23,26). The van der Waals surface area contributed by atoms with Crippen LogP contribution < -0.4 is 19.7 Å². The molecule has 0 unspecified atom stereocenters. The lowest BCUT2D eigenvalue weighted by molar-refractivity contribution is 0.208. The molecule has 1 heterocycles. The van der Waals surface area contributed by atoms with E-state index in [1.807, 2.05) is 35.2 Å². The minimum absolute atomic E-state index is 0.0606. The normalized spacial score (nSPS) is 14.2. The second-order valence-electron chi connectivity index (χ2n) is 7.22. The molecule has 0 radical (unpaired) electrons. The number of nitrogens with one attached hydrogen (secondary N) is 1. The zero-order valence-electron chi connectivity index (χ0n) is 17.1.